The van der Waals surface area contributed by atoms with Crippen molar-refractivity contribution in [1.82, 2.24) is 5.32 Å². The van der Waals surface area contributed by atoms with Crippen LogP contribution < -0.4 is 10.1 Å². The fourth-order valence-electron chi connectivity index (χ4n) is 2.85. The molecule has 1 aliphatic carbocycles. The Bertz CT molecular complexity index is 721. The predicted molar refractivity (Wildman–Crippen MR) is 89.3 cm³/mol. The largest absolute Gasteiger partial charge is 0.481 e. The van der Waals surface area contributed by atoms with E-state index in [2.05, 4.69) is 5.32 Å². The van der Waals surface area contributed by atoms with Gasteiger partial charge in [-0.25, -0.2) is 0 Å². The summed E-state index contributed by atoms with van der Waals surface area (Å²) in [5.41, 5.74) is -0.102. The molecule has 124 valence electrons. The molecule has 2 N–H and O–H groups in total. The average Bonchev–Trinajstić information content (AvgIpc) is 2.54. The van der Waals surface area contributed by atoms with Gasteiger partial charge in [0.2, 0.25) is 0 Å². The highest BCUT2D eigenvalue weighted by Crippen LogP contribution is 2.35. The standard InChI is InChI=1S/C19H19NO4/c21-17(22)13-19(11-4-12-19)20-18(23)14-7-9-16(10-8-14)24-15-5-2-1-3-6-15/h1-3,5-10H,4,11-13H2,(H,20,23)(H,21,22). The molecule has 1 fully saturated rings. The minimum Gasteiger partial charge on any atom is -0.481 e. The highest BCUT2D eigenvalue weighted by Gasteiger charge is 2.40. The highest BCUT2D eigenvalue weighted by atomic mass is 16.5. The first kappa shape index (κ1) is 16.1. The highest BCUT2D eigenvalue weighted by molar-refractivity contribution is 5.95. The number of para-hydroxylation sites is 1. The number of carboxylic acid groups (broad SMARTS) is 1. The summed E-state index contributed by atoms with van der Waals surface area (Å²) >= 11 is 0. The van der Waals surface area contributed by atoms with E-state index < -0.39 is 11.5 Å². The van der Waals surface area contributed by atoms with E-state index in [1.807, 2.05) is 30.3 Å². The monoisotopic (exact) mass is 325 g/mol. The first-order valence-corrected chi connectivity index (χ1v) is 7.94. The molecule has 2 aromatic rings. The zero-order chi connectivity index (χ0) is 17.0. The van der Waals surface area contributed by atoms with Crippen molar-refractivity contribution in [3.05, 3.63) is 60.2 Å². The Labute approximate surface area is 140 Å². The van der Waals surface area contributed by atoms with Crippen LogP contribution in [0.5, 0.6) is 11.5 Å². The predicted octanol–water partition coefficient (Wildman–Crippen LogP) is 3.61. The number of rotatable bonds is 6. The van der Waals surface area contributed by atoms with Crippen molar-refractivity contribution in [2.24, 2.45) is 0 Å². The van der Waals surface area contributed by atoms with Gasteiger partial charge in [0.1, 0.15) is 11.5 Å². The number of nitrogens with one attached hydrogen (secondary N) is 1. The van der Waals surface area contributed by atoms with E-state index >= 15 is 0 Å². The van der Waals surface area contributed by atoms with Crippen molar-refractivity contribution in [1.29, 1.82) is 0 Å². The summed E-state index contributed by atoms with van der Waals surface area (Å²) in [7, 11) is 0. The van der Waals surface area contributed by atoms with Crippen molar-refractivity contribution < 1.29 is 19.4 Å². The van der Waals surface area contributed by atoms with Gasteiger partial charge in [0.05, 0.1) is 12.0 Å². The molecule has 24 heavy (non-hydrogen) atoms. The number of amides is 1. The van der Waals surface area contributed by atoms with Crippen molar-refractivity contribution in [3.8, 4) is 11.5 Å². The van der Waals surface area contributed by atoms with Crippen LogP contribution in [-0.2, 0) is 4.79 Å². The Balaban J connectivity index is 1.64. The van der Waals surface area contributed by atoms with Crippen LogP contribution >= 0.6 is 0 Å². The summed E-state index contributed by atoms with van der Waals surface area (Å²) in [5.74, 6) is 0.232. The summed E-state index contributed by atoms with van der Waals surface area (Å²) in [6.45, 7) is 0. The number of aliphatic carboxylic acids is 1. The maximum Gasteiger partial charge on any atom is 0.305 e. The smallest absolute Gasteiger partial charge is 0.305 e. The van der Waals surface area contributed by atoms with Gasteiger partial charge >= 0.3 is 5.97 Å². The minimum absolute atomic E-state index is 0.0338. The fraction of sp³-hybridized carbons (Fsp3) is 0.263. The van der Waals surface area contributed by atoms with Crippen molar-refractivity contribution >= 4 is 11.9 Å². The summed E-state index contributed by atoms with van der Waals surface area (Å²) in [5, 5.41) is 11.9. The molecule has 3 rings (SSSR count). The van der Waals surface area contributed by atoms with Crippen LogP contribution in [0.15, 0.2) is 54.6 Å². The number of carboxylic acids is 1. The summed E-state index contributed by atoms with van der Waals surface area (Å²) in [6.07, 6.45) is 2.33. The lowest BCUT2D eigenvalue weighted by atomic mass is 9.74. The Morgan fingerprint density at radius 2 is 1.62 bits per heavy atom. The second kappa shape index (κ2) is 6.74. The van der Waals surface area contributed by atoms with Crippen LogP contribution in [0.25, 0.3) is 0 Å². The lowest BCUT2D eigenvalue weighted by Crippen LogP contribution is -2.54. The molecule has 0 unspecified atom stereocenters. The second-order valence-electron chi connectivity index (χ2n) is 6.10. The number of benzene rings is 2. The number of carbonyl (C=O) groups is 2. The molecule has 1 saturated carbocycles. The molecule has 5 nitrogen and oxygen atoms in total. The first-order chi connectivity index (χ1) is 11.6. The van der Waals surface area contributed by atoms with Gasteiger partial charge in [0, 0.05) is 5.56 Å². The fourth-order valence-corrected chi connectivity index (χ4v) is 2.85. The Morgan fingerprint density at radius 1 is 1.00 bits per heavy atom. The van der Waals surface area contributed by atoms with E-state index in [9.17, 15) is 9.59 Å². The van der Waals surface area contributed by atoms with Crippen LogP contribution in [0.3, 0.4) is 0 Å². The van der Waals surface area contributed by atoms with E-state index in [4.69, 9.17) is 9.84 Å². The van der Waals surface area contributed by atoms with Gasteiger partial charge in [-0.05, 0) is 55.7 Å². The Kier molecular flexibility index (Phi) is 4.51. The van der Waals surface area contributed by atoms with Gasteiger partial charge in [0.15, 0.2) is 0 Å². The molecule has 0 heterocycles. The summed E-state index contributed by atoms with van der Waals surface area (Å²) < 4.78 is 5.69. The SMILES string of the molecule is O=C(O)CC1(NC(=O)c2ccc(Oc3ccccc3)cc2)CCC1. The summed E-state index contributed by atoms with van der Waals surface area (Å²) in [6, 6.07) is 16.2. The van der Waals surface area contributed by atoms with E-state index in [1.54, 1.807) is 24.3 Å². The molecule has 1 amide bonds. The van der Waals surface area contributed by atoms with Gasteiger partial charge in [-0.3, -0.25) is 9.59 Å². The van der Waals surface area contributed by atoms with Crippen LogP contribution in [0.1, 0.15) is 36.0 Å². The molecule has 2 aromatic carbocycles. The molecule has 0 bridgehead atoms. The van der Waals surface area contributed by atoms with Crippen LogP contribution in [-0.4, -0.2) is 22.5 Å². The third-order valence-electron chi connectivity index (χ3n) is 4.27. The molecule has 5 heteroatoms. The number of carbonyl (C=O) groups excluding carboxylic acids is 1. The van der Waals surface area contributed by atoms with Crippen LogP contribution in [0.2, 0.25) is 0 Å². The van der Waals surface area contributed by atoms with Gasteiger partial charge in [-0.1, -0.05) is 18.2 Å². The quantitative estimate of drug-likeness (QED) is 0.851. The molecule has 0 aliphatic heterocycles. The molecule has 0 atom stereocenters. The summed E-state index contributed by atoms with van der Waals surface area (Å²) in [4.78, 5) is 23.3. The maximum atomic E-state index is 12.4. The van der Waals surface area contributed by atoms with E-state index in [0.29, 0.717) is 24.2 Å². The lowest BCUT2D eigenvalue weighted by molar-refractivity contribution is -0.139. The van der Waals surface area contributed by atoms with Crippen molar-refractivity contribution in [2.45, 2.75) is 31.2 Å². The third-order valence-corrected chi connectivity index (χ3v) is 4.27. The molecule has 0 spiro atoms. The normalized spacial score (nSPS) is 15.2. The molecule has 1 aliphatic rings. The van der Waals surface area contributed by atoms with Crippen molar-refractivity contribution in [2.75, 3.05) is 0 Å². The molecular weight excluding hydrogens is 306 g/mol. The molecule has 0 saturated heterocycles. The Hall–Kier alpha value is -2.82. The third kappa shape index (κ3) is 3.74. The van der Waals surface area contributed by atoms with Gasteiger partial charge in [0.25, 0.3) is 5.91 Å². The average molecular weight is 325 g/mol. The number of hydrogen-bond acceptors (Lipinski definition) is 3. The lowest BCUT2D eigenvalue weighted by Gasteiger charge is -2.41. The molecule has 0 aromatic heterocycles. The zero-order valence-electron chi connectivity index (χ0n) is 13.2. The van der Waals surface area contributed by atoms with Crippen molar-refractivity contribution in [3.63, 3.8) is 0 Å². The Morgan fingerprint density at radius 3 is 2.17 bits per heavy atom. The van der Waals surface area contributed by atoms with E-state index in [-0.39, 0.29) is 12.3 Å². The number of hydrogen-bond donors (Lipinski definition) is 2. The van der Waals surface area contributed by atoms with Crippen LogP contribution in [0, 0.1) is 0 Å². The maximum absolute atomic E-state index is 12.4. The molecular formula is C19H19NO4. The van der Waals surface area contributed by atoms with Gasteiger partial charge < -0.3 is 15.2 Å². The van der Waals surface area contributed by atoms with Gasteiger partial charge in [-0.15, -0.1) is 0 Å². The van der Waals surface area contributed by atoms with Gasteiger partial charge in [-0.2, -0.15) is 0 Å². The topological polar surface area (TPSA) is 75.6 Å². The minimum atomic E-state index is -0.887. The zero-order valence-corrected chi connectivity index (χ0v) is 13.2. The van der Waals surface area contributed by atoms with E-state index in [1.165, 1.54) is 0 Å². The second-order valence-corrected chi connectivity index (χ2v) is 6.10. The first-order valence-electron chi connectivity index (χ1n) is 7.94. The van der Waals surface area contributed by atoms with E-state index in [0.717, 1.165) is 12.2 Å². The number of ether oxygens (including phenoxy) is 1. The van der Waals surface area contributed by atoms with Crippen LogP contribution in [0.4, 0.5) is 0 Å². The molecule has 0 radical (unpaired) electrons.